The second kappa shape index (κ2) is 8.31. The summed E-state index contributed by atoms with van der Waals surface area (Å²) in [5.74, 6) is 1.80. The maximum absolute atomic E-state index is 13.0. The van der Waals surface area contributed by atoms with Crippen LogP contribution in [0, 0.1) is 12.8 Å². The first-order chi connectivity index (χ1) is 15.4. The van der Waals surface area contributed by atoms with E-state index in [4.69, 9.17) is 20.9 Å². The number of pyridine rings is 2. The van der Waals surface area contributed by atoms with Gasteiger partial charge in [-0.25, -0.2) is 9.97 Å². The lowest BCUT2D eigenvalue weighted by atomic mass is 9.92. The van der Waals surface area contributed by atoms with Gasteiger partial charge in [0, 0.05) is 61.4 Å². The van der Waals surface area contributed by atoms with E-state index in [2.05, 4.69) is 14.9 Å². The first-order valence-electron chi connectivity index (χ1n) is 10.8. The summed E-state index contributed by atoms with van der Waals surface area (Å²) in [7, 11) is 1.68. The van der Waals surface area contributed by atoms with Crippen LogP contribution in [0.3, 0.4) is 0 Å². The van der Waals surface area contributed by atoms with Gasteiger partial charge < -0.3 is 25.8 Å². The maximum atomic E-state index is 13.0. The minimum atomic E-state index is -0.0328. The van der Waals surface area contributed by atoms with Crippen LogP contribution in [0.4, 0.5) is 11.5 Å². The number of ether oxygens (including phenoxy) is 2. The average molecular weight is 454 g/mol. The van der Waals surface area contributed by atoms with Crippen molar-refractivity contribution in [2.45, 2.75) is 31.9 Å². The van der Waals surface area contributed by atoms with Gasteiger partial charge in [0.15, 0.2) is 5.78 Å². The summed E-state index contributed by atoms with van der Waals surface area (Å²) in [5.41, 5.74) is 14.9. The standard InChI is InChI=1S/C23H27N5O3S/c1-12-3-4-15-21(25)22(32-23(15)27-12)17(29)6-13-5-14-8-26-20(7-18(14)31-11-13)28-9-16(24)19(10-28)30-2/h3-4,7-8,13,16,19H,5-6,9-11,24-25H2,1-2H3/t13-,16-,19-/m0/s1. The Morgan fingerprint density at radius 2 is 2.22 bits per heavy atom. The summed E-state index contributed by atoms with van der Waals surface area (Å²) < 4.78 is 11.5. The van der Waals surface area contributed by atoms with Crippen LogP contribution in [-0.2, 0) is 11.2 Å². The number of aromatic nitrogens is 2. The molecule has 0 aliphatic carbocycles. The zero-order valence-electron chi connectivity index (χ0n) is 18.2. The van der Waals surface area contributed by atoms with Gasteiger partial charge in [-0.2, -0.15) is 0 Å². The van der Waals surface area contributed by atoms with Crippen molar-refractivity contribution >= 4 is 38.8 Å². The molecule has 5 heterocycles. The Hall–Kier alpha value is -2.75. The van der Waals surface area contributed by atoms with Crippen molar-refractivity contribution < 1.29 is 14.3 Å². The normalized spacial score (nSPS) is 22.7. The van der Waals surface area contributed by atoms with Crippen LogP contribution in [0.15, 0.2) is 24.4 Å². The first kappa shape index (κ1) is 21.1. The Morgan fingerprint density at radius 3 is 3.00 bits per heavy atom. The molecule has 0 spiro atoms. The lowest BCUT2D eigenvalue weighted by Crippen LogP contribution is -2.34. The zero-order valence-corrected chi connectivity index (χ0v) is 19.0. The molecule has 0 saturated carbocycles. The molecule has 0 radical (unpaired) electrons. The third-order valence-electron chi connectivity index (χ3n) is 6.31. The average Bonchev–Trinajstić information content (AvgIpc) is 3.32. The molecule has 0 amide bonds. The monoisotopic (exact) mass is 453 g/mol. The Morgan fingerprint density at radius 1 is 1.38 bits per heavy atom. The van der Waals surface area contributed by atoms with E-state index in [1.807, 2.05) is 31.3 Å². The molecular formula is C23H27N5O3S. The Balaban J connectivity index is 1.28. The van der Waals surface area contributed by atoms with Gasteiger partial charge in [-0.3, -0.25) is 4.79 Å². The minimum absolute atomic E-state index is 0.00425. The number of ketones is 1. The number of carbonyl (C=O) groups excluding carboxylic acids is 1. The number of thiophene rings is 1. The number of nitrogens with zero attached hydrogens (tertiary/aromatic N) is 3. The topological polar surface area (TPSA) is 117 Å². The van der Waals surface area contributed by atoms with Crippen LogP contribution in [-0.4, -0.2) is 54.7 Å². The highest BCUT2D eigenvalue weighted by atomic mass is 32.1. The number of anilines is 2. The smallest absolute Gasteiger partial charge is 0.175 e. The quantitative estimate of drug-likeness (QED) is 0.566. The summed E-state index contributed by atoms with van der Waals surface area (Å²) in [6, 6.07) is 5.79. The van der Waals surface area contributed by atoms with E-state index in [-0.39, 0.29) is 23.8 Å². The SMILES string of the molecule is CO[C@H]1CN(c2cc3c(cn2)C[C@@H](CC(=O)c2sc4nc(C)ccc4c2N)CO3)C[C@@H]1N. The highest BCUT2D eigenvalue weighted by Gasteiger charge is 2.32. The molecule has 3 atom stereocenters. The molecule has 2 aliphatic rings. The maximum Gasteiger partial charge on any atom is 0.175 e. The molecule has 1 fully saturated rings. The van der Waals surface area contributed by atoms with E-state index in [0.717, 1.165) is 39.5 Å². The lowest BCUT2D eigenvalue weighted by molar-refractivity contribution is 0.0939. The fourth-order valence-electron chi connectivity index (χ4n) is 4.51. The highest BCUT2D eigenvalue weighted by Crippen LogP contribution is 2.36. The largest absolute Gasteiger partial charge is 0.493 e. The van der Waals surface area contributed by atoms with Gasteiger partial charge in [0.1, 0.15) is 16.4 Å². The summed E-state index contributed by atoms with van der Waals surface area (Å²) in [5, 5.41) is 0.850. The van der Waals surface area contributed by atoms with Gasteiger partial charge in [0.05, 0.1) is 29.3 Å². The van der Waals surface area contributed by atoms with Crippen LogP contribution < -0.4 is 21.1 Å². The van der Waals surface area contributed by atoms with Gasteiger partial charge in [0.2, 0.25) is 0 Å². The van der Waals surface area contributed by atoms with Crippen LogP contribution >= 0.6 is 11.3 Å². The molecule has 3 aromatic heterocycles. The van der Waals surface area contributed by atoms with Crippen LogP contribution in [0.1, 0.15) is 27.3 Å². The molecule has 2 aliphatic heterocycles. The highest BCUT2D eigenvalue weighted by molar-refractivity contribution is 7.21. The number of rotatable bonds is 5. The Labute approximate surface area is 190 Å². The lowest BCUT2D eigenvalue weighted by Gasteiger charge is -2.26. The van der Waals surface area contributed by atoms with Gasteiger partial charge in [0.25, 0.3) is 0 Å². The number of nitrogens with two attached hydrogens (primary N) is 2. The number of fused-ring (bicyclic) bond motifs is 2. The number of carbonyl (C=O) groups is 1. The van der Waals surface area contributed by atoms with E-state index in [9.17, 15) is 4.79 Å². The molecule has 4 N–H and O–H groups in total. The van der Waals surface area contributed by atoms with E-state index in [1.54, 1.807) is 7.11 Å². The molecule has 3 aromatic rings. The number of aryl methyl sites for hydroxylation is 1. The minimum Gasteiger partial charge on any atom is -0.493 e. The van der Waals surface area contributed by atoms with Crippen molar-refractivity contribution in [3.05, 3.63) is 40.5 Å². The molecule has 1 saturated heterocycles. The predicted octanol–water partition coefficient (Wildman–Crippen LogP) is 2.57. The second-order valence-corrected chi connectivity index (χ2v) is 9.65. The van der Waals surface area contributed by atoms with Gasteiger partial charge in [-0.05, 0) is 25.5 Å². The molecule has 0 unspecified atom stereocenters. The summed E-state index contributed by atoms with van der Waals surface area (Å²) in [6.45, 7) is 3.84. The molecule has 0 bridgehead atoms. The molecule has 5 rings (SSSR count). The number of methoxy groups -OCH3 is 1. The third-order valence-corrected chi connectivity index (χ3v) is 7.46. The molecule has 32 heavy (non-hydrogen) atoms. The second-order valence-electron chi connectivity index (χ2n) is 8.65. The van der Waals surface area contributed by atoms with Crippen molar-refractivity contribution in [1.82, 2.24) is 9.97 Å². The predicted molar refractivity (Wildman–Crippen MR) is 126 cm³/mol. The fourth-order valence-corrected chi connectivity index (χ4v) is 5.60. The van der Waals surface area contributed by atoms with Crippen molar-refractivity contribution in [3.63, 3.8) is 0 Å². The number of nitrogen functional groups attached to an aromatic ring is 1. The van der Waals surface area contributed by atoms with Gasteiger partial charge in [-0.1, -0.05) is 0 Å². The third kappa shape index (κ3) is 3.80. The molecule has 9 heteroatoms. The van der Waals surface area contributed by atoms with E-state index in [1.165, 1.54) is 11.3 Å². The van der Waals surface area contributed by atoms with Crippen LogP contribution in [0.2, 0.25) is 0 Å². The summed E-state index contributed by atoms with van der Waals surface area (Å²) >= 11 is 1.37. The fraction of sp³-hybridized carbons (Fsp3) is 0.435. The number of hydrogen-bond donors (Lipinski definition) is 2. The van der Waals surface area contributed by atoms with E-state index >= 15 is 0 Å². The number of Topliss-reactive ketones (excluding diaryl/α,β-unsaturated/α-hetero) is 1. The van der Waals surface area contributed by atoms with Crippen LogP contribution in [0.5, 0.6) is 5.75 Å². The Bertz CT molecular complexity index is 1180. The van der Waals surface area contributed by atoms with E-state index < -0.39 is 0 Å². The van der Waals surface area contributed by atoms with Gasteiger partial charge >= 0.3 is 0 Å². The molecular weight excluding hydrogens is 426 g/mol. The molecule has 0 aromatic carbocycles. The van der Waals surface area contributed by atoms with Crippen molar-refractivity contribution in [2.24, 2.45) is 11.7 Å². The van der Waals surface area contributed by atoms with Crippen molar-refractivity contribution in [2.75, 3.05) is 37.4 Å². The molecule has 168 valence electrons. The molecule has 8 nitrogen and oxygen atoms in total. The zero-order chi connectivity index (χ0) is 22.4. The van der Waals surface area contributed by atoms with Crippen molar-refractivity contribution in [1.29, 1.82) is 0 Å². The number of hydrogen-bond acceptors (Lipinski definition) is 9. The summed E-state index contributed by atoms with van der Waals surface area (Å²) in [4.78, 5) is 25.7. The Kier molecular flexibility index (Phi) is 5.48. The van der Waals surface area contributed by atoms with Crippen LogP contribution in [0.25, 0.3) is 10.2 Å². The first-order valence-corrected chi connectivity index (χ1v) is 11.6. The summed E-state index contributed by atoms with van der Waals surface area (Å²) in [6.07, 6.45) is 2.99. The van der Waals surface area contributed by atoms with Gasteiger partial charge in [-0.15, -0.1) is 11.3 Å². The van der Waals surface area contributed by atoms with Crippen molar-refractivity contribution in [3.8, 4) is 5.75 Å². The van der Waals surface area contributed by atoms with E-state index in [0.29, 0.717) is 36.7 Å².